The molecule has 3 nitrogen and oxygen atoms in total. The summed E-state index contributed by atoms with van der Waals surface area (Å²) in [5.41, 5.74) is 1.15. The van der Waals surface area contributed by atoms with Gasteiger partial charge in [-0.2, -0.15) is 0 Å². The van der Waals surface area contributed by atoms with Gasteiger partial charge in [0.1, 0.15) is 0 Å². The molecule has 0 saturated heterocycles. The molecule has 0 spiro atoms. The second kappa shape index (κ2) is 5.34. The van der Waals surface area contributed by atoms with E-state index in [1.54, 1.807) is 0 Å². The first-order valence-electron chi connectivity index (χ1n) is 5.24. The third kappa shape index (κ3) is 2.55. The van der Waals surface area contributed by atoms with Crippen molar-refractivity contribution in [2.45, 2.75) is 6.54 Å². The number of nitrogens with zero attached hydrogens (tertiary/aromatic N) is 1. The van der Waals surface area contributed by atoms with Crippen molar-refractivity contribution >= 4 is 22.5 Å². The van der Waals surface area contributed by atoms with Gasteiger partial charge in [0.25, 0.3) is 0 Å². The van der Waals surface area contributed by atoms with Gasteiger partial charge in [-0.15, -0.1) is 0 Å². The van der Waals surface area contributed by atoms with Crippen molar-refractivity contribution in [2.75, 3.05) is 19.8 Å². The lowest BCUT2D eigenvalue weighted by molar-refractivity contribution is 0.0875. The number of aromatic nitrogens is 1. The number of hydrogen-bond donors (Lipinski definition) is 1. The lowest BCUT2D eigenvalue weighted by Crippen LogP contribution is -2.07. The van der Waals surface area contributed by atoms with E-state index in [0.717, 1.165) is 22.5 Å². The molecule has 0 aliphatic heterocycles. The SMILES string of the molecule is OCCOCCn1ccc2cc(Cl)ccc21. The molecule has 0 atom stereocenters. The van der Waals surface area contributed by atoms with E-state index >= 15 is 0 Å². The number of aliphatic hydroxyl groups is 1. The monoisotopic (exact) mass is 239 g/mol. The van der Waals surface area contributed by atoms with Crippen molar-refractivity contribution in [3.05, 3.63) is 35.5 Å². The molecule has 2 rings (SSSR count). The van der Waals surface area contributed by atoms with Crippen LogP contribution in [-0.4, -0.2) is 29.5 Å². The van der Waals surface area contributed by atoms with E-state index in [9.17, 15) is 0 Å². The maximum Gasteiger partial charge on any atom is 0.0698 e. The molecule has 0 amide bonds. The molecule has 1 aromatic heterocycles. The first kappa shape index (κ1) is 11.5. The van der Waals surface area contributed by atoms with Gasteiger partial charge in [-0.1, -0.05) is 11.6 Å². The number of aliphatic hydroxyl groups excluding tert-OH is 1. The minimum Gasteiger partial charge on any atom is -0.394 e. The first-order chi connectivity index (χ1) is 7.81. The Morgan fingerprint density at radius 2 is 2.12 bits per heavy atom. The summed E-state index contributed by atoms with van der Waals surface area (Å²) in [6.45, 7) is 1.85. The van der Waals surface area contributed by atoms with Crippen molar-refractivity contribution < 1.29 is 9.84 Å². The van der Waals surface area contributed by atoms with Crippen LogP contribution in [-0.2, 0) is 11.3 Å². The Morgan fingerprint density at radius 1 is 1.25 bits per heavy atom. The van der Waals surface area contributed by atoms with E-state index in [1.165, 1.54) is 0 Å². The van der Waals surface area contributed by atoms with Crippen LogP contribution < -0.4 is 0 Å². The van der Waals surface area contributed by atoms with Crippen LogP contribution in [0.5, 0.6) is 0 Å². The fraction of sp³-hybridized carbons (Fsp3) is 0.333. The summed E-state index contributed by atoms with van der Waals surface area (Å²) < 4.78 is 7.35. The molecule has 0 aliphatic rings. The van der Waals surface area contributed by atoms with Gasteiger partial charge < -0.3 is 14.4 Å². The highest BCUT2D eigenvalue weighted by atomic mass is 35.5. The Morgan fingerprint density at radius 3 is 2.94 bits per heavy atom. The van der Waals surface area contributed by atoms with Crippen LogP contribution in [0.2, 0.25) is 5.02 Å². The molecule has 86 valence electrons. The Kier molecular flexibility index (Phi) is 3.83. The van der Waals surface area contributed by atoms with E-state index in [4.69, 9.17) is 21.4 Å². The molecule has 0 radical (unpaired) electrons. The lowest BCUT2D eigenvalue weighted by atomic mass is 10.2. The summed E-state index contributed by atoms with van der Waals surface area (Å²) >= 11 is 5.91. The van der Waals surface area contributed by atoms with Crippen LogP contribution in [0.3, 0.4) is 0 Å². The van der Waals surface area contributed by atoms with Gasteiger partial charge in [-0.05, 0) is 24.3 Å². The van der Waals surface area contributed by atoms with Crippen molar-refractivity contribution in [1.29, 1.82) is 0 Å². The van der Waals surface area contributed by atoms with E-state index < -0.39 is 0 Å². The van der Waals surface area contributed by atoms with Crippen LogP contribution in [0.1, 0.15) is 0 Å². The number of ether oxygens (including phenoxy) is 1. The van der Waals surface area contributed by atoms with Crippen LogP contribution in [0, 0.1) is 0 Å². The molecule has 0 bridgehead atoms. The molecule has 4 heteroatoms. The standard InChI is InChI=1S/C12H14ClNO2/c13-11-1-2-12-10(9-11)3-4-14(12)5-7-16-8-6-15/h1-4,9,15H,5-8H2. The average Bonchev–Trinajstić information content (AvgIpc) is 2.67. The summed E-state index contributed by atoms with van der Waals surface area (Å²) in [6, 6.07) is 7.87. The maximum atomic E-state index is 8.58. The van der Waals surface area contributed by atoms with Crippen LogP contribution in [0.15, 0.2) is 30.5 Å². The quantitative estimate of drug-likeness (QED) is 0.813. The predicted octanol–water partition coefficient (Wildman–Crippen LogP) is 2.30. The summed E-state index contributed by atoms with van der Waals surface area (Å²) in [4.78, 5) is 0. The van der Waals surface area contributed by atoms with Crippen molar-refractivity contribution in [3.63, 3.8) is 0 Å². The smallest absolute Gasteiger partial charge is 0.0698 e. The zero-order valence-corrected chi connectivity index (χ0v) is 9.65. The average molecular weight is 240 g/mol. The first-order valence-corrected chi connectivity index (χ1v) is 5.62. The molecule has 2 aromatic rings. The summed E-state index contributed by atoms with van der Waals surface area (Å²) in [5, 5.41) is 10.5. The molecular formula is C12H14ClNO2. The molecular weight excluding hydrogens is 226 g/mol. The van der Waals surface area contributed by atoms with E-state index in [1.807, 2.05) is 30.5 Å². The number of halogens is 1. The molecule has 1 N–H and O–H groups in total. The molecule has 0 saturated carbocycles. The second-order valence-corrected chi connectivity index (χ2v) is 3.98. The van der Waals surface area contributed by atoms with Crippen LogP contribution >= 0.6 is 11.6 Å². The van der Waals surface area contributed by atoms with E-state index in [-0.39, 0.29) is 6.61 Å². The summed E-state index contributed by atoms with van der Waals surface area (Å²) in [5.74, 6) is 0. The summed E-state index contributed by atoms with van der Waals surface area (Å²) in [7, 11) is 0. The Bertz CT molecular complexity index is 467. The number of benzene rings is 1. The maximum absolute atomic E-state index is 8.58. The predicted molar refractivity (Wildman–Crippen MR) is 64.9 cm³/mol. The van der Waals surface area contributed by atoms with E-state index in [2.05, 4.69) is 4.57 Å². The fourth-order valence-corrected chi connectivity index (χ4v) is 1.88. The van der Waals surface area contributed by atoms with E-state index in [0.29, 0.717) is 13.2 Å². The van der Waals surface area contributed by atoms with Gasteiger partial charge in [0.2, 0.25) is 0 Å². The molecule has 0 aliphatic carbocycles. The molecule has 16 heavy (non-hydrogen) atoms. The topological polar surface area (TPSA) is 34.4 Å². The normalized spacial score (nSPS) is 11.1. The third-order valence-electron chi connectivity index (χ3n) is 2.45. The largest absolute Gasteiger partial charge is 0.394 e. The van der Waals surface area contributed by atoms with Crippen molar-refractivity contribution in [2.24, 2.45) is 0 Å². The zero-order valence-electron chi connectivity index (χ0n) is 8.90. The van der Waals surface area contributed by atoms with Gasteiger partial charge in [0, 0.05) is 28.7 Å². The van der Waals surface area contributed by atoms with Crippen LogP contribution in [0.4, 0.5) is 0 Å². The number of hydrogen-bond acceptors (Lipinski definition) is 2. The number of fused-ring (bicyclic) bond motifs is 1. The van der Waals surface area contributed by atoms with Gasteiger partial charge >= 0.3 is 0 Å². The molecule has 0 unspecified atom stereocenters. The van der Waals surface area contributed by atoms with Gasteiger partial charge in [-0.3, -0.25) is 0 Å². The Hall–Kier alpha value is -1.03. The minimum absolute atomic E-state index is 0.0715. The van der Waals surface area contributed by atoms with Gasteiger partial charge in [0.05, 0.1) is 19.8 Å². The summed E-state index contributed by atoms with van der Waals surface area (Å²) in [6.07, 6.45) is 2.02. The number of rotatable bonds is 5. The molecule has 1 aromatic carbocycles. The second-order valence-electron chi connectivity index (χ2n) is 3.55. The Balaban J connectivity index is 2.07. The van der Waals surface area contributed by atoms with Gasteiger partial charge in [-0.25, -0.2) is 0 Å². The molecule has 0 fully saturated rings. The van der Waals surface area contributed by atoms with Crippen molar-refractivity contribution in [1.82, 2.24) is 4.57 Å². The highest BCUT2D eigenvalue weighted by Crippen LogP contribution is 2.20. The third-order valence-corrected chi connectivity index (χ3v) is 2.68. The lowest BCUT2D eigenvalue weighted by Gasteiger charge is -2.05. The van der Waals surface area contributed by atoms with Crippen LogP contribution in [0.25, 0.3) is 10.9 Å². The van der Waals surface area contributed by atoms with Crippen molar-refractivity contribution in [3.8, 4) is 0 Å². The highest BCUT2D eigenvalue weighted by molar-refractivity contribution is 6.31. The van der Waals surface area contributed by atoms with Gasteiger partial charge in [0.15, 0.2) is 0 Å². The Labute approximate surface area is 99.2 Å². The minimum atomic E-state index is 0.0715. The highest BCUT2D eigenvalue weighted by Gasteiger charge is 2.01. The zero-order chi connectivity index (χ0) is 11.4. The fourth-order valence-electron chi connectivity index (χ4n) is 1.70. The molecule has 1 heterocycles.